The van der Waals surface area contributed by atoms with Crippen molar-refractivity contribution >= 4 is 11.6 Å². The third-order valence-corrected chi connectivity index (χ3v) is 6.57. The summed E-state index contributed by atoms with van der Waals surface area (Å²) >= 11 is 0. The molecule has 6 heteroatoms. The SMILES string of the molecule is C[C@@H](Cc1cccnc1)NC1CCN(c2ccc(CC(=O)NCCc3cccc(F)c3)cc2)CC1. The first-order chi connectivity index (χ1) is 17.0. The van der Waals surface area contributed by atoms with Crippen LogP contribution in [-0.2, 0) is 24.1 Å². The van der Waals surface area contributed by atoms with Crippen LogP contribution in [0.25, 0.3) is 0 Å². The summed E-state index contributed by atoms with van der Waals surface area (Å²) in [5.74, 6) is -0.258. The minimum Gasteiger partial charge on any atom is -0.371 e. The number of piperidine rings is 1. The standard InChI is InChI=1S/C29H35FN4O/c1-22(18-25-5-3-14-31-21-25)33-27-12-16-34(17-13-27)28-9-7-24(8-10-28)20-29(35)32-15-11-23-4-2-6-26(30)19-23/h2-10,14,19,21-22,27,33H,11-13,15-18,20H2,1H3,(H,32,35)/t22-/m0/s1. The molecule has 0 bridgehead atoms. The molecule has 35 heavy (non-hydrogen) atoms. The van der Waals surface area contributed by atoms with Gasteiger partial charge in [0.15, 0.2) is 0 Å². The maximum Gasteiger partial charge on any atom is 0.224 e. The van der Waals surface area contributed by atoms with Gasteiger partial charge >= 0.3 is 0 Å². The number of hydrogen-bond donors (Lipinski definition) is 2. The van der Waals surface area contributed by atoms with Gasteiger partial charge in [-0.05, 0) is 79.6 Å². The number of benzene rings is 2. The summed E-state index contributed by atoms with van der Waals surface area (Å²) in [5, 5.41) is 6.71. The molecule has 0 saturated carbocycles. The van der Waals surface area contributed by atoms with Crippen LogP contribution in [0.5, 0.6) is 0 Å². The van der Waals surface area contributed by atoms with E-state index < -0.39 is 0 Å². The summed E-state index contributed by atoms with van der Waals surface area (Å²) in [4.78, 5) is 18.9. The Morgan fingerprint density at radius 1 is 1.06 bits per heavy atom. The molecule has 1 amide bonds. The lowest BCUT2D eigenvalue weighted by molar-refractivity contribution is -0.120. The van der Waals surface area contributed by atoms with Gasteiger partial charge in [0.25, 0.3) is 0 Å². The normalized spacial score (nSPS) is 15.1. The van der Waals surface area contributed by atoms with Crippen molar-refractivity contribution in [2.24, 2.45) is 0 Å². The minimum atomic E-state index is -0.246. The van der Waals surface area contributed by atoms with Crippen molar-refractivity contribution in [3.05, 3.63) is 95.6 Å². The van der Waals surface area contributed by atoms with Crippen molar-refractivity contribution in [2.75, 3.05) is 24.5 Å². The molecule has 184 valence electrons. The molecular weight excluding hydrogens is 439 g/mol. The van der Waals surface area contributed by atoms with Crippen LogP contribution in [0.2, 0.25) is 0 Å². The molecule has 1 atom stereocenters. The number of halogens is 1. The predicted molar refractivity (Wildman–Crippen MR) is 139 cm³/mol. The molecule has 4 rings (SSSR count). The number of rotatable bonds is 10. The summed E-state index contributed by atoms with van der Waals surface area (Å²) in [5.41, 5.74) is 4.36. The first kappa shape index (κ1) is 24.9. The molecule has 1 aromatic heterocycles. The molecule has 2 N–H and O–H groups in total. The van der Waals surface area contributed by atoms with Crippen LogP contribution in [0.1, 0.15) is 36.5 Å². The smallest absolute Gasteiger partial charge is 0.224 e. The van der Waals surface area contributed by atoms with Gasteiger partial charge in [0.05, 0.1) is 6.42 Å². The van der Waals surface area contributed by atoms with Crippen LogP contribution in [0.3, 0.4) is 0 Å². The highest BCUT2D eigenvalue weighted by Gasteiger charge is 2.21. The van der Waals surface area contributed by atoms with Gasteiger partial charge in [-0.2, -0.15) is 0 Å². The molecule has 0 spiro atoms. The first-order valence-corrected chi connectivity index (χ1v) is 12.5. The molecule has 3 aromatic rings. The fraction of sp³-hybridized carbons (Fsp3) is 0.379. The zero-order chi connectivity index (χ0) is 24.5. The van der Waals surface area contributed by atoms with Gasteiger partial charge in [-0.15, -0.1) is 0 Å². The molecule has 1 fully saturated rings. The van der Waals surface area contributed by atoms with E-state index in [0.29, 0.717) is 31.5 Å². The molecule has 2 aromatic carbocycles. The van der Waals surface area contributed by atoms with Crippen molar-refractivity contribution < 1.29 is 9.18 Å². The van der Waals surface area contributed by atoms with E-state index in [0.717, 1.165) is 43.5 Å². The largest absolute Gasteiger partial charge is 0.371 e. The van der Waals surface area contributed by atoms with Gasteiger partial charge in [-0.1, -0.05) is 30.3 Å². The van der Waals surface area contributed by atoms with E-state index in [1.807, 2.05) is 36.7 Å². The lowest BCUT2D eigenvalue weighted by Crippen LogP contribution is -2.46. The van der Waals surface area contributed by atoms with Crippen molar-refractivity contribution in [3.8, 4) is 0 Å². The number of pyridine rings is 1. The van der Waals surface area contributed by atoms with E-state index in [2.05, 4.69) is 45.6 Å². The third kappa shape index (κ3) is 7.89. The van der Waals surface area contributed by atoms with E-state index in [9.17, 15) is 9.18 Å². The fourth-order valence-corrected chi connectivity index (χ4v) is 4.75. The highest BCUT2D eigenvalue weighted by molar-refractivity contribution is 5.78. The van der Waals surface area contributed by atoms with Crippen LogP contribution in [-0.4, -0.2) is 42.6 Å². The number of carbonyl (C=O) groups is 1. The van der Waals surface area contributed by atoms with E-state index in [1.54, 1.807) is 6.07 Å². The molecule has 1 aliphatic heterocycles. The highest BCUT2D eigenvalue weighted by Crippen LogP contribution is 2.21. The Hall–Kier alpha value is -3.25. The Morgan fingerprint density at radius 3 is 2.54 bits per heavy atom. The molecule has 1 aliphatic rings. The maximum atomic E-state index is 13.3. The minimum absolute atomic E-state index is 0.0126. The maximum absolute atomic E-state index is 13.3. The molecule has 5 nitrogen and oxygen atoms in total. The summed E-state index contributed by atoms with van der Waals surface area (Å²) in [7, 11) is 0. The van der Waals surface area contributed by atoms with E-state index >= 15 is 0 Å². The van der Waals surface area contributed by atoms with Crippen molar-refractivity contribution in [3.63, 3.8) is 0 Å². The van der Waals surface area contributed by atoms with Gasteiger partial charge in [0.1, 0.15) is 5.82 Å². The number of aromatic nitrogens is 1. The number of amides is 1. The van der Waals surface area contributed by atoms with Crippen molar-refractivity contribution in [1.29, 1.82) is 0 Å². The summed E-state index contributed by atoms with van der Waals surface area (Å²) in [6, 6.07) is 19.9. The van der Waals surface area contributed by atoms with Gasteiger partial charge in [-0.3, -0.25) is 9.78 Å². The van der Waals surface area contributed by atoms with E-state index in [-0.39, 0.29) is 11.7 Å². The predicted octanol–water partition coefficient (Wildman–Crippen LogP) is 4.31. The molecular formula is C29H35FN4O. The third-order valence-electron chi connectivity index (χ3n) is 6.57. The summed E-state index contributed by atoms with van der Waals surface area (Å²) in [6.45, 7) is 4.80. The second-order valence-corrected chi connectivity index (χ2v) is 9.47. The number of nitrogens with one attached hydrogen (secondary N) is 2. The lowest BCUT2D eigenvalue weighted by atomic mass is 10.0. The Bertz CT molecular complexity index is 1070. The van der Waals surface area contributed by atoms with Crippen molar-refractivity contribution in [1.82, 2.24) is 15.6 Å². The number of anilines is 1. The van der Waals surface area contributed by atoms with Gasteiger partial charge in [-0.25, -0.2) is 4.39 Å². The zero-order valence-electron chi connectivity index (χ0n) is 20.4. The lowest BCUT2D eigenvalue weighted by Gasteiger charge is -2.35. The van der Waals surface area contributed by atoms with Crippen molar-refractivity contribution in [2.45, 2.75) is 51.1 Å². The Labute approximate surface area is 207 Å². The monoisotopic (exact) mass is 474 g/mol. The van der Waals surface area contributed by atoms with Gasteiger partial charge in [0, 0.05) is 49.8 Å². The number of carbonyl (C=O) groups excluding carboxylic acids is 1. The van der Waals surface area contributed by atoms with Crippen LogP contribution in [0.15, 0.2) is 73.1 Å². The second-order valence-electron chi connectivity index (χ2n) is 9.47. The Balaban J connectivity index is 1.17. The molecule has 0 aliphatic carbocycles. The molecule has 0 unspecified atom stereocenters. The van der Waals surface area contributed by atoms with Gasteiger partial charge in [0.2, 0.25) is 5.91 Å². The molecule has 1 saturated heterocycles. The van der Waals surface area contributed by atoms with Crippen LogP contribution >= 0.6 is 0 Å². The average molecular weight is 475 g/mol. The summed E-state index contributed by atoms with van der Waals surface area (Å²) < 4.78 is 13.3. The summed E-state index contributed by atoms with van der Waals surface area (Å²) in [6.07, 6.45) is 7.96. The molecule has 2 heterocycles. The fourth-order valence-electron chi connectivity index (χ4n) is 4.75. The average Bonchev–Trinajstić information content (AvgIpc) is 2.86. The quantitative estimate of drug-likeness (QED) is 0.460. The first-order valence-electron chi connectivity index (χ1n) is 12.5. The topological polar surface area (TPSA) is 57.3 Å². The number of hydrogen-bond acceptors (Lipinski definition) is 4. The Morgan fingerprint density at radius 2 is 1.83 bits per heavy atom. The van der Waals surface area contributed by atoms with E-state index in [1.165, 1.54) is 23.4 Å². The second kappa shape index (κ2) is 12.5. The van der Waals surface area contributed by atoms with E-state index in [4.69, 9.17) is 0 Å². The zero-order valence-corrected chi connectivity index (χ0v) is 20.4. The van der Waals surface area contributed by atoms with Crippen LogP contribution in [0, 0.1) is 5.82 Å². The van der Waals surface area contributed by atoms with Gasteiger partial charge < -0.3 is 15.5 Å². The molecule has 0 radical (unpaired) electrons. The number of nitrogens with zero attached hydrogens (tertiary/aromatic N) is 2. The highest BCUT2D eigenvalue weighted by atomic mass is 19.1. The van der Waals surface area contributed by atoms with Crippen LogP contribution in [0.4, 0.5) is 10.1 Å². The Kier molecular flexibility index (Phi) is 8.85. The van der Waals surface area contributed by atoms with Crippen LogP contribution < -0.4 is 15.5 Å².